The Labute approximate surface area is 136 Å². The van der Waals surface area contributed by atoms with Crippen LogP contribution in [0.5, 0.6) is 5.75 Å². The number of benzene rings is 1. The first-order valence-corrected chi connectivity index (χ1v) is 8.06. The largest absolute Gasteiger partial charge is 0.490 e. The van der Waals surface area contributed by atoms with Gasteiger partial charge in [-0.3, -0.25) is 0 Å². The maximum absolute atomic E-state index is 9.03. The second-order valence-corrected chi connectivity index (χ2v) is 5.74. The van der Waals surface area contributed by atoms with E-state index in [1.165, 1.54) is 25.5 Å². The summed E-state index contributed by atoms with van der Waals surface area (Å²) in [6, 6.07) is 10.1. The maximum atomic E-state index is 9.03. The summed E-state index contributed by atoms with van der Waals surface area (Å²) >= 11 is 0. The van der Waals surface area contributed by atoms with Crippen LogP contribution in [0.15, 0.2) is 36.7 Å². The lowest BCUT2D eigenvalue weighted by atomic mass is 9.98. The van der Waals surface area contributed by atoms with Crippen molar-refractivity contribution in [1.29, 1.82) is 5.26 Å². The molecule has 0 amide bonds. The molecule has 0 spiro atoms. The van der Waals surface area contributed by atoms with Crippen molar-refractivity contribution in [2.75, 3.05) is 5.32 Å². The van der Waals surface area contributed by atoms with Crippen LogP contribution in [0.3, 0.4) is 0 Å². The Morgan fingerprint density at radius 1 is 1.17 bits per heavy atom. The lowest BCUT2D eigenvalue weighted by Gasteiger charge is -2.23. The third-order valence-electron chi connectivity index (χ3n) is 4.02. The molecule has 5 nitrogen and oxygen atoms in total. The second-order valence-electron chi connectivity index (χ2n) is 5.74. The molecule has 3 rings (SSSR count). The molecule has 1 aliphatic rings. The van der Waals surface area contributed by atoms with Gasteiger partial charge in [0.15, 0.2) is 11.5 Å². The van der Waals surface area contributed by atoms with Crippen molar-refractivity contribution < 1.29 is 4.74 Å². The van der Waals surface area contributed by atoms with Gasteiger partial charge < -0.3 is 10.1 Å². The van der Waals surface area contributed by atoms with Crippen molar-refractivity contribution in [2.45, 2.75) is 44.8 Å². The Balaban J connectivity index is 1.62. The lowest BCUT2D eigenvalue weighted by Crippen LogP contribution is -2.19. The molecule has 118 valence electrons. The third-order valence-corrected chi connectivity index (χ3v) is 4.02. The summed E-state index contributed by atoms with van der Waals surface area (Å²) in [6.07, 6.45) is 9.57. The summed E-state index contributed by atoms with van der Waals surface area (Å²) in [4.78, 5) is 8.15. The molecule has 1 aromatic carbocycles. The van der Waals surface area contributed by atoms with Gasteiger partial charge >= 0.3 is 0 Å². The fraction of sp³-hybridized carbons (Fsp3) is 0.389. The summed E-state index contributed by atoms with van der Waals surface area (Å²) in [5, 5.41) is 12.2. The molecule has 0 atom stereocenters. The Kier molecular flexibility index (Phi) is 5.05. The van der Waals surface area contributed by atoms with Gasteiger partial charge in [0.25, 0.3) is 0 Å². The molecule has 1 N–H and O–H groups in total. The third kappa shape index (κ3) is 4.19. The van der Waals surface area contributed by atoms with Crippen LogP contribution in [0.2, 0.25) is 0 Å². The summed E-state index contributed by atoms with van der Waals surface area (Å²) in [7, 11) is 0. The Hall–Kier alpha value is -2.61. The zero-order valence-electron chi connectivity index (χ0n) is 13.0. The zero-order valence-corrected chi connectivity index (χ0v) is 13.0. The van der Waals surface area contributed by atoms with Crippen molar-refractivity contribution in [2.24, 2.45) is 0 Å². The number of hydrogen-bond donors (Lipinski definition) is 1. The first-order valence-electron chi connectivity index (χ1n) is 8.06. The van der Waals surface area contributed by atoms with Crippen LogP contribution in [-0.2, 0) is 6.54 Å². The quantitative estimate of drug-likeness (QED) is 0.912. The highest BCUT2D eigenvalue weighted by atomic mass is 16.5. The molecular formula is C18H20N4O. The fourth-order valence-corrected chi connectivity index (χ4v) is 2.84. The Morgan fingerprint density at radius 2 is 2.00 bits per heavy atom. The topological polar surface area (TPSA) is 70.8 Å². The average Bonchev–Trinajstić information content (AvgIpc) is 2.61. The number of nitrogens with zero attached hydrogens (tertiary/aromatic N) is 3. The molecule has 1 aromatic heterocycles. The molecule has 1 saturated carbocycles. The van der Waals surface area contributed by atoms with Crippen LogP contribution in [0.25, 0.3) is 0 Å². The predicted molar refractivity (Wildman–Crippen MR) is 88.0 cm³/mol. The van der Waals surface area contributed by atoms with Crippen LogP contribution < -0.4 is 10.1 Å². The minimum Gasteiger partial charge on any atom is -0.490 e. The molecule has 23 heavy (non-hydrogen) atoms. The summed E-state index contributed by atoms with van der Waals surface area (Å²) in [6.45, 7) is 0.579. The number of anilines is 1. The van der Waals surface area contributed by atoms with E-state index in [0.29, 0.717) is 24.2 Å². The summed E-state index contributed by atoms with van der Waals surface area (Å²) in [5.74, 6) is 1.42. The van der Waals surface area contributed by atoms with Gasteiger partial charge in [0.1, 0.15) is 11.8 Å². The van der Waals surface area contributed by atoms with E-state index in [9.17, 15) is 0 Å². The molecule has 1 aliphatic carbocycles. The summed E-state index contributed by atoms with van der Waals surface area (Å²) in [5.41, 5.74) is 1.40. The molecular weight excluding hydrogens is 288 g/mol. The van der Waals surface area contributed by atoms with Gasteiger partial charge in [-0.25, -0.2) is 9.97 Å². The SMILES string of the molecule is N#Cc1nccnc1NCc1cccc(OC2CCCCC2)c1. The van der Waals surface area contributed by atoms with Crippen molar-refractivity contribution in [3.63, 3.8) is 0 Å². The van der Waals surface area contributed by atoms with Gasteiger partial charge in [0, 0.05) is 18.9 Å². The minimum atomic E-state index is 0.308. The van der Waals surface area contributed by atoms with Gasteiger partial charge in [0.2, 0.25) is 0 Å². The van der Waals surface area contributed by atoms with E-state index >= 15 is 0 Å². The first kappa shape index (κ1) is 15.3. The summed E-state index contributed by atoms with van der Waals surface area (Å²) < 4.78 is 6.08. The molecule has 0 unspecified atom stereocenters. The maximum Gasteiger partial charge on any atom is 0.182 e. The van der Waals surface area contributed by atoms with E-state index < -0.39 is 0 Å². The van der Waals surface area contributed by atoms with Crippen LogP contribution in [0.1, 0.15) is 43.4 Å². The molecule has 5 heteroatoms. The minimum absolute atomic E-state index is 0.308. The molecule has 1 fully saturated rings. The molecule has 0 saturated heterocycles. The van der Waals surface area contributed by atoms with E-state index in [1.54, 1.807) is 6.20 Å². The van der Waals surface area contributed by atoms with E-state index in [0.717, 1.165) is 24.2 Å². The Morgan fingerprint density at radius 3 is 2.83 bits per heavy atom. The smallest absolute Gasteiger partial charge is 0.182 e. The highest BCUT2D eigenvalue weighted by Gasteiger charge is 2.14. The van der Waals surface area contributed by atoms with Crippen LogP contribution in [-0.4, -0.2) is 16.1 Å². The molecule has 0 bridgehead atoms. The first-order chi connectivity index (χ1) is 11.3. The van der Waals surface area contributed by atoms with Crippen molar-refractivity contribution in [3.8, 4) is 11.8 Å². The molecule has 2 aromatic rings. The number of ether oxygens (including phenoxy) is 1. The van der Waals surface area contributed by atoms with Crippen molar-refractivity contribution in [1.82, 2.24) is 9.97 Å². The molecule has 0 radical (unpaired) electrons. The monoisotopic (exact) mass is 308 g/mol. The fourth-order valence-electron chi connectivity index (χ4n) is 2.84. The van der Waals surface area contributed by atoms with E-state index in [2.05, 4.69) is 15.3 Å². The lowest BCUT2D eigenvalue weighted by molar-refractivity contribution is 0.155. The van der Waals surface area contributed by atoms with Gasteiger partial charge in [0.05, 0.1) is 6.10 Å². The number of hydrogen-bond acceptors (Lipinski definition) is 5. The predicted octanol–water partition coefficient (Wildman–Crippen LogP) is 3.67. The molecule has 0 aliphatic heterocycles. The standard InChI is InChI=1S/C18H20N4O/c19-12-17-18(21-10-9-20-17)22-13-14-5-4-8-16(11-14)23-15-6-2-1-3-7-15/h4-5,8-11,15H,1-3,6-7,13H2,(H,21,22). The molecule has 1 heterocycles. The normalized spacial score (nSPS) is 14.9. The number of aromatic nitrogens is 2. The van der Waals surface area contributed by atoms with Gasteiger partial charge in [-0.2, -0.15) is 5.26 Å². The van der Waals surface area contributed by atoms with Crippen LogP contribution in [0.4, 0.5) is 5.82 Å². The second kappa shape index (κ2) is 7.59. The average molecular weight is 308 g/mol. The highest BCUT2D eigenvalue weighted by molar-refractivity contribution is 5.47. The Bertz CT molecular complexity index is 689. The van der Waals surface area contributed by atoms with E-state index in [-0.39, 0.29) is 0 Å². The van der Waals surface area contributed by atoms with Gasteiger partial charge in [-0.05, 0) is 43.4 Å². The number of nitrogens with one attached hydrogen (secondary N) is 1. The van der Waals surface area contributed by atoms with Gasteiger partial charge in [-0.15, -0.1) is 0 Å². The van der Waals surface area contributed by atoms with E-state index in [1.807, 2.05) is 30.3 Å². The number of rotatable bonds is 5. The zero-order chi connectivity index (χ0) is 15.9. The highest BCUT2D eigenvalue weighted by Crippen LogP contribution is 2.24. The number of nitriles is 1. The van der Waals surface area contributed by atoms with Crippen LogP contribution >= 0.6 is 0 Å². The van der Waals surface area contributed by atoms with Gasteiger partial charge in [-0.1, -0.05) is 18.6 Å². The van der Waals surface area contributed by atoms with Crippen LogP contribution in [0, 0.1) is 11.3 Å². The van der Waals surface area contributed by atoms with E-state index in [4.69, 9.17) is 10.00 Å². The van der Waals surface area contributed by atoms with Crippen molar-refractivity contribution >= 4 is 5.82 Å². The van der Waals surface area contributed by atoms with Crippen molar-refractivity contribution in [3.05, 3.63) is 47.9 Å².